The van der Waals surface area contributed by atoms with Gasteiger partial charge in [-0.05, 0) is 47.7 Å². The molecule has 2 aromatic carbocycles. The van der Waals surface area contributed by atoms with Crippen LogP contribution in [0.2, 0.25) is 0 Å². The number of aromatic nitrogens is 1. The monoisotopic (exact) mass is 494 g/mol. The summed E-state index contributed by atoms with van der Waals surface area (Å²) in [7, 11) is -3.46. The van der Waals surface area contributed by atoms with Crippen molar-refractivity contribution in [3.8, 4) is 0 Å². The van der Waals surface area contributed by atoms with Crippen molar-refractivity contribution < 1.29 is 13.2 Å². The lowest BCUT2D eigenvalue weighted by molar-refractivity contribution is -0.131. The van der Waals surface area contributed by atoms with E-state index in [1.54, 1.807) is 8.61 Å². The molecule has 35 heavy (non-hydrogen) atoms. The van der Waals surface area contributed by atoms with Gasteiger partial charge in [0, 0.05) is 51.7 Å². The maximum absolute atomic E-state index is 13.6. The van der Waals surface area contributed by atoms with Gasteiger partial charge in [0.25, 0.3) is 10.2 Å². The second-order valence-corrected chi connectivity index (χ2v) is 11.4. The molecular weight excluding hydrogens is 460 g/mol. The summed E-state index contributed by atoms with van der Waals surface area (Å²) in [5.41, 5.74) is 1.12. The predicted octanol–water partition coefficient (Wildman–Crippen LogP) is 3.89. The van der Waals surface area contributed by atoms with Crippen LogP contribution in [0.4, 0.5) is 0 Å². The number of hydrogen-bond acceptors (Lipinski definition) is 3. The van der Waals surface area contributed by atoms with E-state index in [-0.39, 0.29) is 11.9 Å². The van der Waals surface area contributed by atoms with Crippen molar-refractivity contribution in [3.63, 3.8) is 0 Å². The average Bonchev–Trinajstić information content (AvgIpc) is 3.30. The molecule has 5 rings (SSSR count). The molecule has 186 valence electrons. The third kappa shape index (κ3) is 5.15. The van der Waals surface area contributed by atoms with Crippen molar-refractivity contribution >= 4 is 26.9 Å². The Morgan fingerprint density at radius 2 is 1.43 bits per heavy atom. The highest BCUT2D eigenvalue weighted by Gasteiger charge is 2.33. The Kier molecular flexibility index (Phi) is 7.22. The van der Waals surface area contributed by atoms with Gasteiger partial charge in [-0.15, -0.1) is 0 Å². The molecule has 7 nitrogen and oxygen atoms in total. The minimum absolute atomic E-state index is 0.0638. The molecule has 1 aromatic heterocycles. The summed E-state index contributed by atoms with van der Waals surface area (Å²) in [5, 5.41) is 2.30. The van der Waals surface area contributed by atoms with Gasteiger partial charge < -0.3 is 9.47 Å². The second kappa shape index (κ2) is 10.5. The van der Waals surface area contributed by atoms with Gasteiger partial charge in [-0.3, -0.25) is 4.79 Å². The van der Waals surface area contributed by atoms with Gasteiger partial charge in [0.05, 0.1) is 12.5 Å². The molecular formula is C27H34N4O3S. The number of fused-ring (bicyclic) bond motifs is 1. The third-order valence-corrected chi connectivity index (χ3v) is 9.35. The van der Waals surface area contributed by atoms with E-state index >= 15 is 0 Å². The lowest BCUT2D eigenvalue weighted by Crippen LogP contribution is -2.47. The molecule has 0 radical (unpaired) electrons. The molecule has 0 saturated carbocycles. The van der Waals surface area contributed by atoms with Gasteiger partial charge >= 0.3 is 0 Å². The van der Waals surface area contributed by atoms with Crippen LogP contribution >= 0.6 is 0 Å². The van der Waals surface area contributed by atoms with Crippen LogP contribution in [0.15, 0.2) is 67.0 Å². The lowest BCUT2D eigenvalue weighted by atomic mass is 9.96. The molecule has 0 N–H and O–H groups in total. The van der Waals surface area contributed by atoms with Crippen molar-refractivity contribution in [1.82, 2.24) is 18.1 Å². The van der Waals surface area contributed by atoms with Gasteiger partial charge in [0.15, 0.2) is 0 Å². The Labute approximate surface area is 208 Å². The van der Waals surface area contributed by atoms with E-state index in [0.29, 0.717) is 52.1 Å². The van der Waals surface area contributed by atoms with E-state index in [2.05, 4.69) is 28.8 Å². The highest BCUT2D eigenvalue weighted by Crippen LogP contribution is 2.30. The number of rotatable bonds is 6. The summed E-state index contributed by atoms with van der Waals surface area (Å²) >= 11 is 0. The fraction of sp³-hybridized carbons (Fsp3) is 0.444. The van der Waals surface area contributed by atoms with Crippen molar-refractivity contribution in [3.05, 3.63) is 72.6 Å². The first kappa shape index (κ1) is 24.0. The normalized spacial score (nSPS) is 19.5. The van der Waals surface area contributed by atoms with Crippen LogP contribution in [0.1, 0.15) is 43.7 Å². The molecule has 2 fully saturated rings. The van der Waals surface area contributed by atoms with Crippen LogP contribution in [0.5, 0.6) is 0 Å². The van der Waals surface area contributed by atoms with E-state index in [0.717, 1.165) is 35.6 Å². The quantitative estimate of drug-likeness (QED) is 0.522. The van der Waals surface area contributed by atoms with Gasteiger partial charge in [0.1, 0.15) is 0 Å². The number of carbonyl (C=O) groups excluding carboxylic acids is 1. The summed E-state index contributed by atoms with van der Waals surface area (Å²) in [6.07, 6.45) is 7.94. The zero-order valence-corrected chi connectivity index (χ0v) is 20.9. The van der Waals surface area contributed by atoms with E-state index in [9.17, 15) is 13.2 Å². The molecule has 1 atom stereocenters. The van der Waals surface area contributed by atoms with Crippen LogP contribution in [-0.4, -0.2) is 71.7 Å². The minimum atomic E-state index is -3.46. The minimum Gasteiger partial charge on any atom is -0.346 e. The zero-order chi connectivity index (χ0) is 24.3. The van der Waals surface area contributed by atoms with Crippen LogP contribution in [0.25, 0.3) is 10.8 Å². The largest absolute Gasteiger partial charge is 0.346 e. The Morgan fingerprint density at radius 3 is 2.23 bits per heavy atom. The molecule has 0 spiro atoms. The van der Waals surface area contributed by atoms with Gasteiger partial charge in [-0.1, -0.05) is 48.9 Å². The Bertz CT molecular complexity index is 1250. The van der Waals surface area contributed by atoms with Crippen molar-refractivity contribution in [2.75, 3.05) is 39.3 Å². The average molecular weight is 495 g/mol. The summed E-state index contributed by atoms with van der Waals surface area (Å²) in [6, 6.07) is 18.4. The van der Waals surface area contributed by atoms with Crippen molar-refractivity contribution in [2.24, 2.45) is 0 Å². The van der Waals surface area contributed by atoms with Gasteiger partial charge in [0.2, 0.25) is 5.91 Å². The standard InChI is InChI=1S/C27H34N4O3S/c32-27(29-16-9-19-31(21-20-29)35(33,34)30-17-4-1-5-18-30)22-26(28-14-6-7-15-28)25-13-8-11-23-10-2-3-12-24(23)25/h2-3,6-8,10-15,26H,1,4-5,9,16-22H2/t26-/m0/s1. The number of amides is 1. The molecule has 2 saturated heterocycles. The third-order valence-electron chi connectivity index (χ3n) is 7.31. The van der Waals surface area contributed by atoms with Crippen molar-refractivity contribution in [2.45, 2.75) is 38.1 Å². The molecule has 2 aliphatic rings. The number of piperidine rings is 1. The van der Waals surface area contributed by atoms with Crippen LogP contribution in [0, 0.1) is 0 Å². The molecule has 3 heterocycles. The molecule has 8 heteroatoms. The first-order chi connectivity index (χ1) is 17.0. The maximum atomic E-state index is 13.6. The first-order valence-electron chi connectivity index (χ1n) is 12.7. The highest BCUT2D eigenvalue weighted by molar-refractivity contribution is 7.86. The highest BCUT2D eigenvalue weighted by atomic mass is 32.2. The van der Waals surface area contributed by atoms with E-state index in [1.807, 2.05) is 47.6 Å². The van der Waals surface area contributed by atoms with E-state index in [4.69, 9.17) is 0 Å². The Morgan fingerprint density at radius 1 is 0.743 bits per heavy atom. The fourth-order valence-electron chi connectivity index (χ4n) is 5.40. The van der Waals surface area contributed by atoms with Crippen LogP contribution in [-0.2, 0) is 15.0 Å². The number of benzene rings is 2. The zero-order valence-electron chi connectivity index (χ0n) is 20.1. The summed E-state index contributed by atoms with van der Waals surface area (Å²) in [6.45, 7) is 3.04. The molecule has 0 bridgehead atoms. The van der Waals surface area contributed by atoms with Crippen LogP contribution in [0.3, 0.4) is 0 Å². The molecule has 3 aromatic rings. The first-order valence-corrected chi connectivity index (χ1v) is 14.1. The molecule has 0 unspecified atom stereocenters. The second-order valence-electron chi connectivity index (χ2n) is 9.52. The van der Waals surface area contributed by atoms with E-state index < -0.39 is 10.2 Å². The summed E-state index contributed by atoms with van der Waals surface area (Å²) in [4.78, 5) is 15.4. The number of nitrogens with zero attached hydrogens (tertiary/aromatic N) is 4. The van der Waals surface area contributed by atoms with E-state index in [1.165, 1.54) is 0 Å². The smallest absolute Gasteiger partial charge is 0.282 e. The summed E-state index contributed by atoms with van der Waals surface area (Å²) < 4.78 is 31.6. The topological polar surface area (TPSA) is 65.9 Å². The molecule has 1 amide bonds. The SMILES string of the molecule is O=C(C[C@@H](c1cccc2ccccc12)n1cccc1)N1CCCN(S(=O)(=O)N2CCCCC2)CC1. The Balaban J connectivity index is 1.33. The number of carbonyl (C=O) groups is 1. The maximum Gasteiger partial charge on any atom is 0.282 e. The van der Waals surface area contributed by atoms with Crippen molar-refractivity contribution in [1.29, 1.82) is 0 Å². The molecule has 0 aliphatic carbocycles. The predicted molar refractivity (Wildman–Crippen MR) is 138 cm³/mol. The fourth-order valence-corrected chi connectivity index (χ4v) is 7.12. The summed E-state index contributed by atoms with van der Waals surface area (Å²) in [5.74, 6) is 0.0638. The lowest BCUT2D eigenvalue weighted by Gasteiger charge is -2.31. The number of hydrogen-bond donors (Lipinski definition) is 0. The van der Waals surface area contributed by atoms with Gasteiger partial charge in [-0.2, -0.15) is 17.0 Å². The van der Waals surface area contributed by atoms with Crippen LogP contribution < -0.4 is 0 Å². The Hall–Kier alpha value is -2.68. The van der Waals surface area contributed by atoms with Gasteiger partial charge in [-0.25, -0.2) is 0 Å². The molecule has 2 aliphatic heterocycles.